The highest BCUT2D eigenvalue weighted by Crippen LogP contribution is 2.11. The van der Waals surface area contributed by atoms with Gasteiger partial charge < -0.3 is 15.7 Å². The Kier molecular flexibility index (Phi) is 5.33. The lowest BCUT2D eigenvalue weighted by Crippen LogP contribution is -2.54. The maximum Gasteiger partial charge on any atom is 0.335 e. The van der Waals surface area contributed by atoms with E-state index in [2.05, 4.69) is 10.6 Å². The summed E-state index contributed by atoms with van der Waals surface area (Å²) in [5.74, 6) is -1.26. The first kappa shape index (κ1) is 17.0. The number of rotatable bonds is 5. The maximum absolute atomic E-state index is 12.0. The van der Waals surface area contributed by atoms with Gasteiger partial charge in [0.25, 0.3) is 0 Å². The van der Waals surface area contributed by atoms with Gasteiger partial charge in [0.1, 0.15) is 0 Å². The number of carbonyl (C=O) groups excluding carboxylic acids is 2. The molecule has 7 heteroatoms. The van der Waals surface area contributed by atoms with Gasteiger partial charge >= 0.3 is 5.97 Å². The average Bonchev–Trinajstić information content (AvgIpc) is 2.45. The van der Waals surface area contributed by atoms with Crippen LogP contribution in [0.2, 0.25) is 0 Å². The van der Waals surface area contributed by atoms with Gasteiger partial charge in [0.15, 0.2) is 0 Å². The van der Waals surface area contributed by atoms with Crippen molar-refractivity contribution in [3.63, 3.8) is 0 Å². The Bertz CT molecular complexity index is 630. The highest BCUT2D eigenvalue weighted by atomic mass is 16.4. The standard InChI is InChI=1S/C16H21N3O4/c1-10-3-4-12(16(22)23)5-13(10)6-17-14(20)8-19-7-11(2)18-15(21)9-19/h3-5,11H,6-9H2,1-2H3,(H,17,20)(H,18,21)(H,22,23)/t11-/m0/s1. The van der Waals surface area contributed by atoms with Gasteiger partial charge in [-0.2, -0.15) is 0 Å². The Hall–Kier alpha value is -2.41. The molecule has 7 nitrogen and oxygen atoms in total. The van der Waals surface area contributed by atoms with E-state index in [0.717, 1.165) is 11.1 Å². The number of benzene rings is 1. The van der Waals surface area contributed by atoms with E-state index >= 15 is 0 Å². The van der Waals surface area contributed by atoms with Crippen LogP contribution in [0.1, 0.15) is 28.4 Å². The molecule has 0 unspecified atom stereocenters. The SMILES string of the molecule is Cc1ccc(C(=O)O)cc1CNC(=O)CN1CC(=O)N[C@@H](C)C1. The van der Waals surface area contributed by atoms with Gasteiger partial charge in [0, 0.05) is 19.1 Å². The van der Waals surface area contributed by atoms with Crippen LogP contribution < -0.4 is 10.6 Å². The van der Waals surface area contributed by atoms with Crippen LogP contribution in [0.5, 0.6) is 0 Å². The summed E-state index contributed by atoms with van der Waals surface area (Å²) in [5.41, 5.74) is 1.88. The number of aryl methyl sites for hydroxylation is 1. The Morgan fingerprint density at radius 1 is 1.43 bits per heavy atom. The van der Waals surface area contributed by atoms with Crippen molar-refractivity contribution in [2.45, 2.75) is 26.4 Å². The first-order valence-corrected chi connectivity index (χ1v) is 7.46. The van der Waals surface area contributed by atoms with Gasteiger partial charge in [-0.3, -0.25) is 14.5 Å². The molecule has 0 radical (unpaired) electrons. The third kappa shape index (κ3) is 4.79. The van der Waals surface area contributed by atoms with Crippen molar-refractivity contribution in [3.8, 4) is 0 Å². The molecule has 0 aliphatic carbocycles. The summed E-state index contributed by atoms with van der Waals surface area (Å²) in [7, 11) is 0. The monoisotopic (exact) mass is 319 g/mol. The zero-order chi connectivity index (χ0) is 17.0. The minimum absolute atomic E-state index is 0.0264. The van der Waals surface area contributed by atoms with Crippen LogP contribution >= 0.6 is 0 Å². The summed E-state index contributed by atoms with van der Waals surface area (Å²) in [6, 6.07) is 4.85. The molecule has 3 N–H and O–H groups in total. The second-order valence-electron chi connectivity index (χ2n) is 5.86. The third-order valence-corrected chi connectivity index (χ3v) is 3.75. The minimum Gasteiger partial charge on any atom is -0.478 e. The van der Waals surface area contributed by atoms with E-state index in [-0.39, 0.29) is 43.1 Å². The molecule has 1 fully saturated rings. The molecule has 0 bridgehead atoms. The number of hydrogen-bond donors (Lipinski definition) is 3. The number of carboxylic acid groups (broad SMARTS) is 1. The normalized spacial score (nSPS) is 18.3. The fourth-order valence-electron chi connectivity index (χ4n) is 2.59. The summed E-state index contributed by atoms with van der Waals surface area (Å²) in [4.78, 5) is 36.3. The predicted molar refractivity (Wildman–Crippen MR) is 84.0 cm³/mol. The van der Waals surface area contributed by atoms with E-state index in [9.17, 15) is 14.4 Å². The van der Waals surface area contributed by atoms with Crippen molar-refractivity contribution < 1.29 is 19.5 Å². The molecule has 1 aromatic rings. The second-order valence-corrected chi connectivity index (χ2v) is 5.86. The molecule has 1 aliphatic rings. The maximum atomic E-state index is 12.0. The van der Waals surface area contributed by atoms with Gasteiger partial charge in [-0.05, 0) is 37.1 Å². The summed E-state index contributed by atoms with van der Waals surface area (Å²) in [6.07, 6.45) is 0. The van der Waals surface area contributed by atoms with Crippen LogP contribution in [0.25, 0.3) is 0 Å². The molecule has 1 saturated heterocycles. The minimum atomic E-state index is -0.995. The van der Waals surface area contributed by atoms with Crippen molar-refractivity contribution in [2.75, 3.05) is 19.6 Å². The van der Waals surface area contributed by atoms with Gasteiger partial charge in [0.05, 0.1) is 18.7 Å². The number of hydrogen-bond acceptors (Lipinski definition) is 4. The summed E-state index contributed by atoms with van der Waals surface area (Å²) < 4.78 is 0. The highest BCUT2D eigenvalue weighted by molar-refractivity contribution is 5.88. The number of piperazine rings is 1. The average molecular weight is 319 g/mol. The van der Waals surface area contributed by atoms with E-state index in [4.69, 9.17) is 5.11 Å². The van der Waals surface area contributed by atoms with E-state index in [0.29, 0.717) is 6.54 Å². The zero-order valence-electron chi connectivity index (χ0n) is 13.3. The largest absolute Gasteiger partial charge is 0.478 e. The van der Waals surface area contributed by atoms with Crippen LogP contribution in [0.3, 0.4) is 0 Å². The molecule has 0 saturated carbocycles. The number of carbonyl (C=O) groups is 3. The summed E-state index contributed by atoms with van der Waals surface area (Å²) in [6.45, 7) is 5.02. The van der Waals surface area contributed by atoms with Crippen molar-refractivity contribution in [1.29, 1.82) is 0 Å². The van der Waals surface area contributed by atoms with Gasteiger partial charge in [-0.1, -0.05) is 6.07 Å². The van der Waals surface area contributed by atoms with E-state index in [1.807, 2.05) is 13.8 Å². The van der Waals surface area contributed by atoms with Crippen LogP contribution in [0.4, 0.5) is 0 Å². The predicted octanol–water partition coefficient (Wildman–Crippen LogP) is 0.130. The molecular weight excluding hydrogens is 298 g/mol. The molecule has 2 amide bonds. The molecule has 1 aromatic carbocycles. The summed E-state index contributed by atoms with van der Waals surface area (Å²) >= 11 is 0. The zero-order valence-corrected chi connectivity index (χ0v) is 13.3. The van der Waals surface area contributed by atoms with Crippen LogP contribution in [0, 0.1) is 6.92 Å². The number of nitrogens with one attached hydrogen (secondary N) is 2. The number of amides is 2. The lowest BCUT2D eigenvalue weighted by atomic mass is 10.0. The Morgan fingerprint density at radius 3 is 2.83 bits per heavy atom. The van der Waals surface area contributed by atoms with E-state index in [1.165, 1.54) is 6.07 Å². The topological polar surface area (TPSA) is 98.7 Å². The number of nitrogens with zero attached hydrogens (tertiary/aromatic N) is 1. The lowest BCUT2D eigenvalue weighted by Gasteiger charge is -2.30. The smallest absolute Gasteiger partial charge is 0.335 e. The first-order chi connectivity index (χ1) is 10.8. The number of aromatic carboxylic acids is 1. The molecule has 2 rings (SSSR count). The van der Waals surface area contributed by atoms with Crippen molar-refractivity contribution in [1.82, 2.24) is 15.5 Å². The molecule has 1 aliphatic heterocycles. The van der Waals surface area contributed by atoms with Crippen LogP contribution in [-0.4, -0.2) is 53.5 Å². The highest BCUT2D eigenvalue weighted by Gasteiger charge is 2.23. The molecule has 0 aromatic heterocycles. The molecular formula is C16H21N3O4. The van der Waals surface area contributed by atoms with Gasteiger partial charge in [0.2, 0.25) is 11.8 Å². The third-order valence-electron chi connectivity index (χ3n) is 3.75. The second kappa shape index (κ2) is 7.23. The summed E-state index contributed by atoms with van der Waals surface area (Å²) in [5, 5.41) is 14.6. The molecule has 0 spiro atoms. The Balaban J connectivity index is 1.90. The quantitative estimate of drug-likeness (QED) is 0.716. The lowest BCUT2D eigenvalue weighted by molar-refractivity contribution is -0.128. The number of carboxylic acids is 1. The molecule has 124 valence electrons. The van der Waals surface area contributed by atoms with Crippen molar-refractivity contribution >= 4 is 17.8 Å². The molecule has 1 heterocycles. The van der Waals surface area contributed by atoms with Crippen LogP contribution in [0.15, 0.2) is 18.2 Å². The van der Waals surface area contributed by atoms with Crippen molar-refractivity contribution in [3.05, 3.63) is 34.9 Å². The van der Waals surface area contributed by atoms with Gasteiger partial charge in [-0.25, -0.2) is 4.79 Å². The first-order valence-electron chi connectivity index (χ1n) is 7.46. The van der Waals surface area contributed by atoms with Crippen molar-refractivity contribution in [2.24, 2.45) is 0 Å². The van der Waals surface area contributed by atoms with E-state index < -0.39 is 5.97 Å². The Labute approximate surface area is 134 Å². The fraction of sp³-hybridized carbons (Fsp3) is 0.438. The Morgan fingerprint density at radius 2 is 2.17 bits per heavy atom. The molecule has 23 heavy (non-hydrogen) atoms. The van der Waals surface area contributed by atoms with E-state index in [1.54, 1.807) is 17.0 Å². The molecule has 1 atom stereocenters. The fourth-order valence-corrected chi connectivity index (χ4v) is 2.59. The van der Waals surface area contributed by atoms with Gasteiger partial charge in [-0.15, -0.1) is 0 Å². The van der Waals surface area contributed by atoms with Crippen LogP contribution in [-0.2, 0) is 16.1 Å².